The maximum absolute atomic E-state index is 13.5. The standard InChI is InChI=1S/C22H25FN4O4/c1-11-9-14(5-6-16(11)23)25-21(30)18-12(2)19(27(4)13(18)3)20(29)22(31)26-15-7-8-24-17(28)10-15/h5-6,9,15H,7-8,10H2,1-4H3,(H,24,28)(H,25,30)(H,26,31). The molecule has 31 heavy (non-hydrogen) atoms. The van der Waals surface area contributed by atoms with Gasteiger partial charge in [-0.3, -0.25) is 19.2 Å². The topological polar surface area (TPSA) is 109 Å². The van der Waals surface area contributed by atoms with Crippen LogP contribution in [0.3, 0.4) is 0 Å². The Morgan fingerprint density at radius 1 is 1.19 bits per heavy atom. The number of amides is 3. The molecule has 1 aromatic heterocycles. The average molecular weight is 428 g/mol. The van der Waals surface area contributed by atoms with Crippen LogP contribution in [0.25, 0.3) is 0 Å². The number of anilines is 1. The third-order valence-corrected chi connectivity index (χ3v) is 5.58. The summed E-state index contributed by atoms with van der Waals surface area (Å²) < 4.78 is 15.0. The fraction of sp³-hybridized carbons (Fsp3) is 0.364. The zero-order valence-corrected chi connectivity index (χ0v) is 17.9. The first kappa shape index (κ1) is 22.2. The van der Waals surface area contributed by atoms with Gasteiger partial charge in [-0.2, -0.15) is 0 Å². The van der Waals surface area contributed by atoms with Crippen LogP contribution in [0, 0.1) is 26.6 Å². The number of hydrogen-bond acceptors (Lipinski definition) is 4. The van der Waals surface area contributed by atoms with E-state index < -0.39 is 23.6 Å². The number of piperidine rings is 1. The number of ketones is 1. The summed E-state index contributed by atoms with van der Waals surface area (Å²) in [6.45, 7) is 5.31. The molecule has 1 fully saturated rings. The molecule has 0 radical (unpaired) electrons. The molecule has 0 saturated carbocycles. The first-order valence-corrected chi connectivity index (χ1v) is 9.95. The molecule has 2 aromatic rings. The minimum absolute atomic E-state index is 0.107. The number of nitrogens with one attached hydrogen (secondary N) is 3. The number of halogens is 1. The molecule has 3 rings (SSSR count). The lowest BCUT2D eigenvalue weighted by Gasteiger charge is -2.22. The number of benzene rings is 1. The lowest BCUT2D eigenvalue weighted by molar-refractivity contribution is -0.123. The highest BCUT2D eigenvalue weighted by atomic mass is 19.1. The quantitative estimate of drug-likeness (QED) is 0.499. The van der Waals surface area contributed by atoms with Crippen molar-refractivity contribution in [1.82, 2.24) is 15.2 Å². The molecule has 1 aromatic carbocycles. The summed E-state index contributed by atoms with van der Waals surface area (Å²) in [5.74, 6) is -2.60. The Balaban J connectivity index is 1.82. The van der Waals surface area contributed by atoms with Crippen LogP contribution in [0.15, 0.2) is 18.2 Å². The number of hydrogen-bond donors (Lipinski definition) is 3. The highest BCUT2D eigenvalue weighted by Crippen LogP contribution is 2.24. The van der Waals surface area contributed by atoms with Crippen molar-refractivity contribution in [2.45, 2.75) is 39.7 Å². The second-order valence-corrected chi connectivity index (χ2v) is 7.75. The normalized spacial score (nSPS) is 15.9. The molecule has 9 heteroatoms. The molecule has 1 aliphatic rings. The maximum atomic E-state index is 13.5. The van der Waals surface area contributed by atoms with Crippen LogP contribution in [0.1, 0.15) is 50.5 Å². The van der Waals surface area contributed by atoms with Crippen molar-refractivity contribution in [1.29, 1.82) is 0 Å². The summed E-state index contributed by atoms with van der Waals surface area (Å²) in [5.41, 5.74) is 2.09. The second kappa shape index (κ2) is 8.71. The smallest absolute Gasteiger partial charge is 0.294 e. The maximum Gasteiger partial charge on any atom is 0.294 e. The zero-order valence-electron chi connectivity index (χ0n) is 17.9. The highest BCUT2D eigenvalue weighted by molar-refractivity contribution is 6.43. The molecule has 2 heterocycles. The number of nitrogens with zero attached hydrogens (tertiary/aromatic N) is 1. The number of aromatic nitrogens is 1. The SMILES string of the molecule is Cc1cc(NC(=O)c2c(C)c(C(=O)C(=O)NC3CCNC(=O)C3)n(C)c2C)ccc1F. The Morgan fingerprint density at radius 3 is 2.55 bits per heavy atom. The van der Waals surface area contributed by atoms with Crippen LogP contribution >= 0.6 is 0 Å². The first-order valence-electron chi connectivity index (χ1n) is 9.95. The van der Waals surface area contributed by atoms with E-state index in [1.54, 1.807) is 27.8 Å². The summed E-state index contributed by atoms with van der Waals surface area (Å²) in [6.07, 6.45) is 0.662. The Labute approximate surface area is 179 Å². The minimum atomic E-state index is -0.815. The number of carbonyl (C=O) groups excluding carboxylic acids is 4. The average Bonchev–Trinajstić information content (AvgIpc) is 2.92. The molecule has 0 bridgehead atoms. The Morgan fingerprint density at radius 2 is 1.90 bits per heavy atom. The largest absolute Gasteiger partial charge is 0.356 e. The summed E-state index contributed by atoms with van der Waals surface area (Å²) in [4.78, 5) is 49.8. The molecule has 1 atom stereocenters. The van der Waals surface area contributed by atoms with Crippen molar-refractivity contribution in [3.05, 3.63) is 52.1 Å². The highest BCUT2D eigenvalue weighted by Gasteiger charge is 2.30. The van der Waals surface area contributed by atoms with Gasteiger partial charge in [-0.05, 0) is 56.5 Å². The number of aryl methyl sites for hydroxylation is 1. The van der Waals surface area contributed by atoms with Crippen molar-refractivity contribution in [3.63, 3.8) is 0 Å². The van der Waals surface area contributed by atoms with E-state index in [0.29, 0.717) is 35.5 Å². The van der Waals surface area contributed by atoms with Crippen LogP contribution in [0.4, 0.5) is 10.1 Å². The van der Waals surface area contributed by atoms with Crippen molar-refractivity contribution in [2.24, 2.45) is 7.05 Å². The van der Waals surface area contributed by atoms with Gasteiger partial charge in [0.2, 0.25) is 5.91 Å². The van der Waals surface area contributed by atoms with Crippen molar-refractivity contribution in [2.75, 3.05) is 11.9 Å². The van der Waals surface area contributed by atoms with Gasteiger partial charge in [0.1, 0.15) is 5.82 Å². The number of carbonyl (C=O) groups is 4. The van der Waals surface area contributed by atoms with Crippen LogP contribution in [0.5, 0.6) is 0 Å². The minimum Gasteiger partial charge on any atom is -0.356 e. The predicted octanol–water partition coefficient (Wildman–Crippen LogP) is 1.92. The zero-order chi connectivity index (χ0) is 22.9. The van der Waals surface area contributed by atoms with E-state index in [2.05, 4.69) is 16.0 Å². The summed E-state index contributed by atoms with van der Waals surface area (Å²) in [7, 11) is 1.61. The van der Waals surface area contributed by atoms with E-state index in [-0.39, 0.29) is 29.4 Å². The van der Waals surface area contributed by atoms with Crippen LogP contribution < -0.4 is 16.0 Å². The summed E-state index contributed by atoms with van der Waals surface area (Å²) in [5, 5.41) is 7.99. The van der Waals surface area contributed by atoms with Crippen LogP contribution in [-0.2, 0) is 16.6 Å². The van der Waals surface area contributed by atoms with Gasteiger partial charge < -0.3 is 20.5 Å². The van der Waals surface area contributed by atoms with Crippen molar-refractivity contribution < 1.29 is 23.6 Å². The molecule has 0 spiro atoms. The molecule has 3 amide bonds. The van der Waals surface area contributed by atoms with Gasteiger partial charge in [0, 0.05) is 37.4 Å². The van der Waals surface area contributed by atoms with Crippen LogP contribution in [0.2, 0.25) is 0 Å². The number of Topliss-reactive ketones (excluding diaryl/α,β-unsaturated/α-hetero) is 1. The van der Waals surface area contributed by atoms with Gasteiger partial charge in [0.05, 0.1) is 11.3 Å². The monoisotopic (exact) mass is 428 g/mol. The van der Waals surface area contributed by atoms with Gasteiger partial charge in [0.15, 0.2) is 0 Å². The van der Waals surface area contributed by atoms with E-state index in [0.717, 1.165) is 0 Å². The molecule has 1 saturated heterocycles. The lowest BCUT2D eigenvalue weighted by Crippen LogP contribution is -2.47. The lowest BCUT2D eigenvalue weighted by atomic mass is 10.0. The Kier molecular flexibility index (Phi) is 6.24. The molecule has 1 aliphatic heterocycles. The molecule has 8 nitrogen and oxygen atoms in total. The van der Waals surface area contributed by atoms with Gasteiger partial charge >= 0.3 is 0 Å². The third kappa shape index (κ3) is 4.50. The third-order valence-electron chi connectivity index (χ3n) is 5.58. The van der Waals surface area contributed by atoms with Crippen LogP contribution in [-0.4, -0.2) is 40.7 Å². The molecular formula is C22H25FN4O4. The van der Waals surface area contributed by atoms with E-state index in [4.69, 9.17) is 0 Å². The summed E-state index contributed by atoms with van der Waals surface area (Å²) in [6, 6.07) is 3.82. The van der Waals surface area contributed by atoms with E-state index in [1.807, 2.05) is 0 Å². The molecular weight excluding hydrogens is 403 g/mol. The number of rotatable bonds is 5. The molecule has 1 unspecified atom stereocenters. The van der Waals surface area contributed by atoms with E-state index >= 15 is 0 Å². The molecule has 0 aliphatic carbocycles. The van der Waals surface area contributed by atoms with Gasteiger partial charge in [-0.25, -0.2) is 4.39 Å². The van der Waals surface area contributed by atoms with Gasteiger partial charge in [0.25, 0.3) is 17.6 Å². The fourth-order valence-corrected chi connectivity index (χ4v) is 3.82. The molecule has 164 valence electrons. The molecule has 3 N–H and O–H groups in total. The Bertz CT molecular complexity index is 1090. The fourth-order valence-electron chi connectivity index (χ4n) is 3.82. The Hall–Kier alpha value is -3.49. The second-order valence-electron chi connectivity index (χ2n) is 7.75. The summed E-state index contributed by atoms with van der Waals surface area (Å²) >= 11 is 0. The van der Waals surface area contributed by atoms with Gasteiger partial charge in [-0.1, -0.05) is 0 Å². The van der Waals surface area contributed by atoms with Gasteiger partial charge in [-0.15, -0.1) is 0 Å². The van der Waals surface area contributed by atoms with Crippen molar-refractivity contribution >= 4 is 29.2 Å². The van der Waals surface area contributed by atoms with Crippen molar-refractivity contribution in [3.8, 4) is 0 Å². The predicted molar refractivity (Wildman–Crippen MR) is 112 cm³/mol. The van der Waals surface area contributed by atoms with E-state index in [1.165, 1.54) is 22.8 Å². The van der Waals surface area contributed by atoms with E-state index in [9.17, 15) is 23.6 Å². The first-order chi connectivity index (χ1) is 14.6.